The lowest BCUT2D eigenvalue weighted by Gasteiger charge is -2.45. The molecule has 4 aromatic rings. The second-order valence-electron chi connectivity index (χ2n) is 9.26. The van der Waals surface area contributed by atoms with Gasteiger partial charge in [0.05, 0.1) is 25.3 Å². The summed E-state index contributed by atoms with van der Waals surface area (Å²) >= 11 is 0. The molecule has 2 aromatic heterocycles. The number of alkyl halides is 1. The highest BCUT2D eigenvalue weighted by molar-refractivity contribution is 5.49. The minimum absolute atomic E-state index is 0.186. The molecule has 0 spiro atoms. The van der Waals surface area contributed by atoms with Gasteiger partial charge in [0.1, 0.15) is 40.9 Å². The predicted octanol–water partition coefficient (Wildman–Crippen LogP) is 4.49. The topological polar surface area (TPSA) is 65.2 Å². The molecular formula is C26H22F3N5O2. The Kier molecular flexibility index (Phi) is 5.31. The molecule has 7 nitrogen and oxygen atoms in total. The predicted molar refractivity (Wildman–Crippen MR) is 126 cm³/mol. The fourth-order valence-electron chi connectivity index (χ4n) is 4.51. The van der Waals surface area contributed by atoms with Crippen molar-refractivity contribution in [2.75, 3.05) is 18.0 Å². The molecule has 36 heavy (non-hydrogen) atoms. The SMILES string of the molecule is O=c1n(Cc2c(F)cccc2F)cnn1-c1ccc(Oc2ccnc(N3CC(F)(C4CC4)C3)c2)cc1. The van der Waals surface area contributed by atoms with Crippen LogP contribution < -0.4 is 15.3 Å². The smallest absolute Gasteiger partial charge is 0.350 e. The normalized spacial score (nSPS) is 16.6. The fraction of sp³-hybridized carbons (Fsp3) is 0.269. The molecule has 0 N–H and O–H groups in total. The number of halogens is 3. The maximum atomic E-state index is 14.7. The monoisotopic (exact) mass is 493 g/mol. The number of hydrogen-bond acceptors (Lipinski definition) is 5. The van der Waals surface area contributed by atoms with Crippen molar-refractivity contribution in [3.63, 3.8) is 0 Å². The number of benzene rings is 2. The van der Waals surface area contributed by atoms with Crippen LogP contribution in [0.15, 0.2) is 71.9 Å². The van der Waals surface area contributed by atoms with Gasteiger partial charge in [-0.3, -0.25) is 4.57 Å². The quantitative estimate of drug-likeness (QED) is 0.380. The Morgan fingerprint density at radius 2 is 1.72 bits per heavy atom. The zero-order valence-electron chi connectivity index (χ0n) is 19.2. The molecule has 0 bridgehead atoms. The first-order valence-electron chi connectivity index (χ1n) is 11.7. The first-order valence-corrected chi connectivity index (χ1v) is 11.7. The molecule has 2 aliphatic rings. The largest absolute Gasteiger partial charge is 0.457 e. The van der Waals surface area contributed by atoms with Gasteiger partial charge in [-0.2, -0.15) is 9.78 Å². The third-order valence-corrected chi connectivity index (χ3v) is 6.70. The van der Waals surface area contributed by atoms with Crippen molar-refractivity contribution < 1.29 is 17.9 Å². The molecule has 6 rings (SSSR count). The molecule has 0 unspecified atom stereocenters. The molecule has 1 aliphatic carbocycles. The van der Waals surface area contributed by atoms with Crippen LogP contribution in [0.3, 0.4) is 0 Å². The van der Waals surface area contributed by atoms with E-state index in [0.717, 1.165) is 34.2 Å². The summed E-state index contributed by atoms with van der Waals surface area (Å²) in [6.07, 6.45) is 4.79. The van der Waals surface area contributed by atoms with Crippen LogP contribution in [0.4, 0.5) is 19.0 Å². The van der Waals surface area contributed by atoms with Crippen LogP contribution in [0.5, 0.6) is 11.5 Å². The second-order valence-corrected chi connectivity index (χ2v) is 9.26. The lowest BCUT2D eigenvalue weighted by atomic mass is 9.91. The maximum Gasteiger partial charge on any atom is 0.350 e. The fourth-order valence-corrected chi connectivity index (χ4v) is 4.51. The highest BCUT2D eigenvalue weighted by atomic mass is 19.1. The van der Waals surface area contributed by atoms with Crippen LogP contribution in [0.1, 0.15) is 18.4 Å². The molecule has 0 atom stereocenters. The lowest BCUT2D eigenvalue weighted by molar-refractivity contribution is 0.0925. The van der Waals surface area contributed by atoms with Gasteiger partial charge in [0.2, 0.25) is 0 Å². The molecule has 1 saturated carbocycles. The molecule has 10 heteroatoms. The first-order chi connectivity index (χ1) is 17.4. The molecule has 1 saturated heterocycles. The molecule has 2 aromatic carbocycles. The van der Waals surface area contributed by atoms with Crippen molar-refractivity contribution >= 4 is 5.82 Å². The summed E-state index contributed by atoms with van der Waals surface area (Å²) < 4.78 is 50.8. The van der Waals surface area contributed by atoms with Crippen molar-refractivity contribution in [1.29, 1.82) is 0 Å². The first kappa shape index (κ1) is 22.4. The average molecular weight is 493 g/mol. The third-order valence-electron chi connectivity index (χ3n) is 6.70. The van der Waals surface area contributed by atoms with E-state index in [2.05, 4.69) is 10.1 Å². The summed E-state index contributed by atoms with van der Waals surface area (Å²) in [6.45, 7) is 0.436. The zero-order valence-corrected chi connectivity index (χ0v) is 19.2. The molecular weight excluding hydrogens is 471 g/mol. The van der Waals surface area contributed by atoms with Crippen molar-refractivity contribution in [2.24, 2.45) is 5.92 Å². The van der Waals surface area contributed by atoms with E-state index in [4.69, 9.17) is 4.74 Å². The van der Waals surface area contributed by atoms with Crippen LogP contribution in [0, 0.1) is 17.6 Å². The van der Waals surface area contributed by atoms with E-state index < -0.39 is 23.0 Å². The maximum absolute atomic E-state index is 14.7. The van der Waals surface area contributed by atoms with Gasteiger partial charge in [-0.05, 0) is 61.2 Å². The molecule has 1 aliphatic heterocycles. The Morgan fingerprint density at radius 3 is 2.42 bits per heavy atom. The highest BCUT2D eigenvalue weighted by Gasteiger charge is 2.54. The van der Waals surface area contributed by atoms with Crippen molar-refractivity contribution in [3.8, 4) is 17.2 Å². The van der Waals surface area contributed by atoms with Gasteiger partial charge in [-0.15, -0.1) is 0 Å². The number of aromatic nitrogens is 4. The van der Waals surface area contributed by atoms with E-state index in [9.17, 15) is 18.0 Å². The van der Waals surface area contributed by atoms with Crippen LogP contribution >= 0.6 is 0 Å². The summed E-state index contributed by atoms with van der Waals surface area (Å²) in [4.78, 5) is 19.0. The third kappa shape index (κ3) is 4.12. The average Bonchev–Trinajstić information content (AvgIpc) is 3.65. The number of nitrogens with zero attached hydrogens (tertiary/aromatic N) is 5. The number of anilines is 1. The Balaban J connectivity index is 1.14. The van der Waals surface area contributed by atoms with E-state index in [1.807, 2.05) is 4.90 Å². The number of rotatable bonds is 7. The molecule has 0 amide bonds. The van der Waals surface area contributed by atoms with Gasteiger partial charge in [0.15, 0.2) is 0 Å². The zero-order chi connectivity index (χ0) is 24.9. The molecule has 2 fully saturated rings. The van der Waals surface area contributed by atoms with E-state index in [-0.39, 0.29) is 18.0 Å². The van der Waals surface area contributed by atoms with E-state index in [1.54, 1.807) is 42.6 Å². The van der Waals surface area contributed by atoms with E-state index in [1.165, 1.54) is 12.4 Å². The molecule has 3 heterocycles. The Labute approximate surface area is 204 Å². The number of ether oxygens (including phenoxy) is 1. The van der Waals surface area contributed by atoms with Crippen LogP contribution in [0.2, 0.25) is 0 Å². The van der Waals surface area contributed by atoms with E-state index in [0.29, 0.717) is 36.1 Å². The van der Waals surface area contributed by atoms with Gasteiger partial charge in [0.25, 0.3) is 0 Å². The minimum atomic E-state index is -1.09. The van der Waals surface area contributed by atoms with Crippen molar-refractivity contribution in [2.45, 2.75) is 25.1 Å². The van der Waals surface area contributed by atoms with Crippen LogP contribution in [-0.2, 0) is 6.54 Å². The Morgan fingerprint density at radius 1 is 1.00 bits per heavy atom. The van der Waals surface area contributed by atoms with Gasteiger partial charge < -0.3 is 9.64 Å². The van der Waals surface area contributed by atoms with Crippen molar-refractivity contribution in [1.82, 2.24) is 19.3 Å². The van der Waals surface area contributed by atoms with E-state index >= 15 is 0 Å². The Bertz CT molecular complexity index is 1450. The summed E-state index contributed by atoms with van der Waals surface area (Å²) in [7, 11) is 0. The number of pyridine rings is 1. The molecule has 0 radical (unpaired) electrons. The van der Waals surface area contributed by atoms with Crippen LogP contribution in [-0.4, -0.2) is 38.1 Å². The summed E-state index contributed by atoms with van der Waals surface area (Å²) in [5, 5.41) is 4.07. The van der Waals surface area contributed by atoms with Crippen molar-refractivity contribution in [3.05, 3.63) is 94.8 Å². The second kappa shape index (κ2) is 8.54. The highest BCUT2D eigenvalue weighted by Crippen LogP contribution is 2.48. The van der Waals surface area contributed by atoms with Gasteiger partial charge in [-0.25, -0.2) is 22.9 Å². The Hall–Kier alpha value is -4.08. The summed E-state index contributed by atoms with van der Waals surface area (Å²) in [6, 6.07) is 13.7. The van der Waals surface area contributed by atoms with Gasteiger partial charge >= 0.3 is 5.69 Å². The lowest BCUT2D eigenvalue weighted by Crippen LogP contribution is -2.60. The number of hydrogen-bond donors (Lipinski definition) is 0. The van der Waals surface area contributed by atoms with Gasteiger partial charge in [0, 0.05) is 17.8 Å². The molecule has 184 valence electrons. The minimum Gasteiger partial charge on any atom is -0.457 e. The van der Waals surface area contributed by atoms with Crippen LogP contribution in [0.25, 0.3) is 5.69 Å². The summed E-state index contributed by atoms with van der Waals surface area (Å²) in [5.74, 6) is 0.489. The summed E-state index contributed by atoms with van der Waals surface area (Å²) in [5.41, 5.74) is -1.36. The van der Waals surface area contributed by atoms with Gasteiger partial charge in [-0.1, -0.05) is 6.07 Å². The standard InChI is InChI=1S/C26H22F3N5O2/c27-22-2-1-3-23(28)21(22)13-32-16-31-34(25(32)35)18-6-8-19(9-7-18)36-20-10-11-30-24(12-20)33-14-26(29,15-33)17-4-5-17/h1-3,6-12,16-17H,4-5,13-15H2.